The maximum absolute atomic E-state index is 13.2. The van der Waals surface area contributed by atoms with E-state index in [0.29, 0.717) is 5.02 Å². The minimum Gasteiger partial charge on any atom is -0.458 e. The van der Waals surface area contributed by atoms with E-state index < -0.39 is 23.7 Å². The second kappa shape index (κ2) is 10.1. The van der Waals surface area contributed by atoms with Crippen molar-refractivity contribution in [2.75, 3.05) is 13.7 Å². The SMILES string of the molecule is CN(C(=O)OCC1c2ccccc2-c2ccccc21)C(Cc1ccccc1Cl)C(=O)OC(C)(C)C. The molecule has 1 aliphatic rings. The molecule has 1 atom stereocenters. The van der Waals surface area contributed by atoms with E-state index in [4.69, 9.17) is 21.1 Å². The zero-order valence-corrected chi connectivity index (χ0v) is 21.2. The molecule has 1 unspecified atom stereocenters. The van der Waals surface area contributed by atoms with E-state index in [1.807, 2.05) is 42.5 Å². The Labute approximate surface area is 211 Å². The number of hydrogen-bond acceptors (Lipinski definition) is 4. The van der Waals surface area contributed by atoms with Gasteiger partial charge in [0.1, 0.15) is 18.2 Å². The summed E-state index contributed by atoms with van der Waals surface area (Å²) in [5.74, 6) is -0.572. The van der Waals surface area contributed by atoms with Crippen molar-refractivity contribution in [1.82, 2.24) is 4.90 Å². The van der Waals surface area contributed by atoms with Crippen molar-refractivity contribution in [2.45, 2.75) is 44.8 Å². The van der Waals surface area contributed by atoms with E-state index in [9.17, 15) is 9.59 Å². The van der Waals surface area contributed by atoms with Crippen LogP contribution in [0.5, 0.6) is 0 Å². The van der Waals surface area contributed by atoms with Crippen molar-refractivity contribution in [3.05, 3.63) is 94.5 Å². The molecule has 0 saturated heterocycles. The lowest BCUT2D eigenvalue weighted by Gasteiger charge is -2.30. The van der Waals surface area contributed by atoms with E-state index in [1.165, 1.54) is 4.90 Å². The van der Waals surface area contributed by atoms with Gasteiger partial charge in [0.25, 0.3) is 0 Å². The smallest absolute Gasteiger partial charge is 0.410 e. The van der Waals surface area contributed by atoms with Gasteiger partial charge in [-0.3, -0.25) is 4.90 Å². The normalized spacial score (nSPS) is 13.5. The minimum atomic E-state index is -0.884. The number of fused-ring (bicyclic) bond motifs is 3. The van der Waals surface area contributed by atoms with Crippen LogP contribution in [-0.4, -0.2) is 42.3 Å². The van der Waals surface area contributed by atoms with Gasteiger partial charge in [0, 0.05) is 24.4 Å². The first-order valence-electron chi connectivity index (χ1n) is 11.7. The highest BCUT2D eigenvalue weighted by atomic mass is 35.5. The predicted molar refractivity (Wildman–Crippen MR) is 138 cm³/mol. The first-order chi connectivity index (χ1) is 16.7. The lowest BCUT2D eigenvalue weighted by Crippen LogP contribution is -2.47. The van der Waals surface area contributed by atoms with E-state index in [0.717, 1.165) is 27.8 Å². The van der Waals surface area contributed by atoms with Crippen molar-refractivity contribution in [3.8, 4) is 11.1 Å². The van der Waals surface area contributed by atoms with Crippen LogP contribution in [0.15, 0.2) is 72.8 Å². The highest BCUT2D eigenvalue weighted by Crippen LogP contribution is 2.44. The fourth-order valence-electron chi connectivity index (χ4n) is 4.44. The zero-order valence-electron chi connectivity index (χ0n) is 20.5. The molecule has 1 aliphatic carbocycles. The number of halogens is 1. The molecule has 6 heteroatoms. The van der Waals surface area contributed by atoms with Crippen LogP contribution in [0.1, 0.15) is 43.4 Å². The Morgan fingerprint density at radius 2 is 1.46 bits per heavy atom. The van der Waals surface area contributed by atoms with Crippen LogP contribution in [0.2, 0.25) is 5.02 Å². The number of hydrogen-bond donors (Lipinski definition) is 0. The zero-order chi connectivity index (χ0) is 25.2. The summed E-state index contributed by atoms with van der Waals surface area (Å²) in [6, 6.07) is 22.7. The average Bonchev–Trinajstić information content (AvgIpc) is 3.14. The van der Waals surface area contributed by atoms with E-state index in [1.54, 1.807) is 33.9 Å². The number of ether oxygens (including phenoxy) is 2. The van der Waals surface area contributed by atoms with Gasteiger partial charge in [0.15, 0.2) is 0 Å². The molecule has 0 aliphatic heterocycles. The van der Waals surface area contributed by atoms with Crippen molar-refractivity contribution in [3.63, 3.8) is 0 Å². The van der Waals surface area contributed by atoms with Gasteiger partial charge in [0.05, 0.1) is 0 Å². The van der Waals surface area contributed by atoms with Crippen LogP contribution < -0.4 is 0 Å². The van der Waals surface area contributed by atoms with Gasteiger partial charge < -0.3 is 9.47 Å². The molecule has 35 heavy (non-hydrogen) atoms. The van der Waals surface area contributed by atoms with Gasteiger partial charge in [-0.15, -0.1) is 0 Å². The number of amides is 1. The van der Waals surface area contributed by atoms with Gasteiger partial charge in [0.2, 0.25) is 0 Å². The van der Waals surface area contributed by atoms with E-state index >= 15 is 0 Å². The van der Waals surface area contributed by atoms with Gasteiger partial charge in [-0.05, 0) is 54.7 Å². The largest absolute Gasteiger partial charge is 0.458 e. The van der Waals surface area contributed by atoms with Crippen LogP contribution in [0.3, 0.4) is 0 Å². The third-order valence-corrected chi connectivity index (χ3v) is 6.51. The fraction of sp³-hybridized carbons (Fsp3) is 0.310. The third kappa shape index (κ3) is 5.51. The van der Waals surface area contributed by atoms with Crippen molar-refractivity contribution < 1.29 is 19.1 Å². The van der Waals surface area contributed by atoms with Gasteiger partial charge in [-0.2, -0.15) is 0 Å². The molecule has 0 spiro atoms. The summed E-state index contributed by atoms with van der Waals surface area (Å²) in [6.45, 7) is 5.56. The summed E-state index contributed by atoms with van der Waals surface area (Å²) < 4.78 is 11.4. The number of likely N-dealkylation sites (N-methyl/N-ethyl adjacent to an activating group) is 1. The van der Waals surface area contributed by atoms with Crippen LogP contribution >= 0.6 is 11.6 Å². The molecular formula is C29H30ClNO4. The molecule has 0 N–H and O–H groups in total. The van der Waals surface area contributed by atoms with Crippen molar-refractivity contribution in [1.29, 1.82) is 0 Å². The molecule has 0 bridgehead atoms. The van der Waals surface area contributed by atoms with Crippen LogP contribution in [0, 0.1) is 0 Å². The summed E-state index contributed by atoms with van der Waals surface area (Å²) in [6.07, 6.45) is -0.371. The Bertz CT molecular complexity index is 1190. The van der Waals surface area contributed by atoms with E-state index in [2.05, 4.69) is 24.3 Å². The Morgan fingerprint density at radius 1 is 0.914 bits per heavy atom. The van der Waals surface area contributed by atoms with E-state index in [-0.39, 0.29) is 18.9 Å². The second-order valence-corrected chi connectivity index (χ2v) is 10.2. The second-order valence-electron chi connectivity index (χ2n) is 9.76. The molecule has 0 fully saturated rings. The molecule has 5 nitrogen and oxygen atoms in total. The molecule has 0 aromatic heterocycles. The number of rotatable bonds is 6. The van der Waals surface area contributed by atoms with Crippen molar-refractivity contribution >= 4 is 23.7 Å². The predicted octanol–water partition coefficient (Wildman–Crippen LogP) is 6.47. The summed E-state index contributed by atoms with van der Waals surface area (Å²) >= 11 is 6.35. The summed E-state index contributed by atoms with van der Waals surface area (Å²) in [5.41, 5.74) is 4.62. The minimum absolute atomic E-state index is 0.0664. The molecule has 0 saturated carbocycles. The maximum Gasteiger partial charge on any atom is 0.410 e. The number of carbonyl (C=O) groups excluding carboxylic acids is 2. The molecular weight excluding hydrogens is 462 g/mol. The molecule has 182 valence electrons. The number of carbonyl (C=O) groups is 2. The average molecular weight is 492 g/mol. The van der Waals surface area contributed by atoms with Crippen LogP contribution in [-0.2, 0) is 20.7 Å². The van der Waals surface area contributed by atoms with Gasteiger partial charge >= 0.3 is 12.1 Å². The highest BCUT2D eigenvalue weighted by Gasteiger charge is 2.34. The van der Waals surface area contributed by atoms with Crippen molar-refractivity contribution in [2.24, 2.45) is 0 Å². The van der Waals surface area contributed by atoms with Gasteiger partial charge in [-0.1, -0.05) is 78.3 Å². The molecule has 3 aromatic rings. The standard InChI is InChI=1S/C29H30ClNO4/c1-29(2,3)35-27(32)26(17-19-11-5-10-16-25(19)30)31(4)28(33)34-18-24-22-14-8-6-12-20(22)21-13-7-9-15-23(21)24/h5-16,24,26H,17-18H2,1-4H3. The third-order valence-electron chi connectivity index (χ3n) is 6.14. The molecule has 4 rings (SSSR count). The monoisotopic (exact) mass is 491 g/mol. The lowest BCUT2D eigenvalue weighted by molar-refractivity contribution is -0.160. The first-order valence-corrected chi connectivity index (χ1v) is 12.1. The van der Waals surface area contributed by atoms with Crippen LogP contribution in [0.25, 0.3) is 11.1 Å². The molecule has 3 aromatic carbocycles. The number of esters is 1. The summed E-state index contributed by atoms with van der Waals surface area (Å²) in [5, 5.41) is 0.530. The number of benzene rings is 3. The Kier molecular flexibility index (Phi) is 7.18. The molecule has 0 heterocycles. The Balaban J connectivity index is 1.53. The summed E-state index contributed by atoms with van der Waals surface area (Å²) in [7, 11) is 1.56. The molecule has 0 radical (unpaired) electrons. The lowest BCUT2D eigenvalue weighted by atomic mass is 9.98. The Hall–Kier alpha value is -3.31. The Morgan fingerprint density at radius 3 is 2.03 bits per heavy atom. The highest BCUT2D eigenvalue weighted by molar-refractivity contribution is 6.31. The fourth-order valence-corrected chi connectivity index (χ4v) is 4.66. The maximum atomic E-state index is 13.2. The quantitative estimate of drug-likeness (QED) is 0.370. The topological polar surface area (TPSA) is 55.8 Å². The number of nitrogens with zero attached hydrogens (tertiary/aromatic N) is 1. The molecule has 1 amide bonds. The summed E-state index contributed by atoms with van der Waals surface area (Å²) in [4.78, 5) is 27.6. The van der Waals surface area contributed by atoms with Gasteiger partial charge in [-0.25, -0.2) is 9.59 Å². The first kappa shape index (κ1) is 24.8. The van der Waals surface area contributed by atoms with Crippen LogP contribution in [0.4, 0.5) is 4.79 Å².